The van der Waals surface area contributed by atoms with Crippen LogP contribution in [0.15, 0.2) is 33.9 Å². The van der Waals surface area contributed by atoms with Crippen LogP contribution in [0.5, 0.6) is 0 Å². The predicted octanol–water partition coefficient (Wildman–Crippen LogP) is 1.20. The molecule has 0 saturated carbocycles. The number of nitrogens with one attached hydrogen (secondary N) is 1. The maximum absolute atomic E-state index is 12.8. The Bertz CT molecular complexity index is 1260. The van der Waals surface area contributed by atoms with Gasteiger partial charge in [0.25, 0.3) is 5.56 Å². The highest BCUT2D eigenvalue weighted by atomic mass is 35.5. The zero-order valence-corrected chi connectivity index (χ0v) is 14.3. The van der Waals surface area contributed by atoms with E-state index in [1.54, 1.807) is 20.2 Å². The quantitative estimate of drug-likeness (QED) is 0.561. The Morgan fingerprint density at radius 2 is 1.96 bits per heavy atom. The van der Waals surface area contributed by atoms with Crippen LogP contribution in [0.2, 0.25) is 5.02 Å². The Labute approximate surface area is 146 Å². The third-order valence-corrected chi connectivity index (χ3v) is 4.60. The summed E-state index contributed by atoms with van der Waals surface area (Å²) >= 11 is 6.00. The van der Waals surface area contributed by atoms with Crippen LogP contribution in [0, 0.1) is 0 Å². The molecular weight excluding hydrogens is 344 g/mol. The van der Waals surface area contributed by atoms with E-state index in [-0.39, 0.29) is 18.1 Å². The van der Waals surface area contributed by atoms with E-state index in [4.69, 9.17) is 17.3 Å². The Morgan fingerprint density at radius 1 is 1.20 bits per heavy atom. The molecule has 0 unspecified atom stereocenters. The van der Waals surface area contributed by atoms with E-state index < -0.39 is 11.2 Å². The fraction of sp³-hybridized carbons (Fsp3) is 0.188. The smallest absolute Gasteiger partial charge is 0.332 e. The normalized spacial score (nSPS) is 11.6. The average Bonchev–Trinajstić information content (AvgIpc) is 3.10. The molecule has 0 fully saturated rings. The Balaban J connectivity index is 1.92. The number of aromatic nitrogens is 5. The first-order valence-corrected chi connectivity index (χ1v) is 7.93. The molecule has 0 aliphatic rings. The van der Waals surface area contributed by atoms with Crippen LogP contribution in [0.3, 0.4) is 0 Å². The second-order valence-corrected chi connectivity index (χ2v) is 6.40. The first-order chi connectivity index (χ1) is 11.9. The molecule has 0 bridgehead atoms. The van der Waals surface area contributed by atoms with Gasteiger partial charge in [0.2, 0.25) is 5.95 Å². The van der Waals surface area contributed by atoms with Crippen LogP contribution in [-0.4, -0.2) is 23.7 Å². The summed E-state index contributed by atoms with van der Waals surface area (Å²) in [6, 6.07) is 7.32. The van der Waals surface area contributed by atoms with Crippen molar-refractivity contribution in [2.24, 2.45) is 14.1 Å². The molecule has 0 amide bonds. The van der Waals surface area contributed by atoms with Gasteiger partial charge in [-0.05, 0) is 24.3 Å². The molecule has 1 aromatic carbocycles. The number of anilines is 1. The number of rotatable bonds is 2. The van der Waals surface area contributed by atoms with Crippen LogP contribution in [0.25, 0.3) is 22.1 Å². The van der Waals surface area contributed by atoms with Gasteiger partial charge in [-0.15, -0.1) is 0 Å². The van der Waals surface area contributed by atoms with Gasteiger partial charge < -0.3 is 15.3 Å². The SMILES string of the molecule is Cn1c(N)nc2c1c(=O)n(Cc1cc3cc(Cl)ccc3[nH]1)c(=O)n2C. The van der Waals surface area contributed by atoms with Gasteiger partial charge in [-0.1, -0.05) is 11.6 Å². The summed E-state index contributed by atoms with van der Waals surface area (Å²) in [5, 5.41) is 1.54. The average molecular weight is 359 g/mol. The lowest BCUT2D eigenvalue weighted by molar-refractivity contribution is 0.648. The summed E-state index contributed by atoms with van der Waals surface area (Å²) in [7, 11) is 3.21. The molecule has 0 radical (unpaired) electrons. The van der Waals surface area contributed by atoms with Crippen molar-refractivity contribution < 1.29 is 0 Å². The summed E-state index contributed by atoms with van der Waals surface area (Å²) in [6.07, 6.45) is 0. The molecule has 128 valence electrons. The van der Waals surface area contributed by atoms with Crippen LogP contribution in [0.4, 0.5) is 5.95 Å². The Hall–Kier alpha value is -3.00. The largest absolute Gasteiger partial charge is 0.369 e. The maximum Gasteiger partial charge on any atom is 0.332 e. The Morgan fingerprint density at radius 3 is 2.72 bits per heavy atom. The van der Waals surface area contributed by atoms with E-state index in [2.05, 4.69) is 9.97 Å². The lowest BCUT2D eigenvalue weighted by Crippen LogP contribution is -2.39. The van der Waals surface area contributed by atoms with Gasteiger partial charge in [0.1, 0.15) is 0 Å². The Kier molecular flexibility index (Phi) is 3.26. The second-order valence-electron chi connectivity index (χ2n) is 5.96. The lowest BCUT2D eigenvalue weighted by atomic mass is 10.2. The molecule has 3 N–H and O–H groups in total. The van der Waals surface area contributed by atoms with E-state index >= 15 is 0 Å². The number of nitrogen functional groups attached to an aromatic ring is 1. The van der Waals surface area contributed by atoms with E-state index in [1.165, 1.54) is 9.13 Å². The number of aryl methyl sites for hydroxylation is 2. The van der Waals surface area contributed by atoms with Crippen molar-refractivity contribution >= 4 is 39.6 Å². The predicted molar refractivity (Wildman–Crippen MR) is 97.0 cm³/mol. The number of halogens is 1. The number of benzene rings is 1. The molecule has 4 aromatic rings. The van der Waals surface area contributed by atoms with Gasteiger partial charge in [-0.3, -0.25) is 13.9 Å². The van der Waals surface area contributed by atoms with Gasteiger partial charge in [-0.2, -0.15) is 4.98 Å². The minimum absolute atomic E-state index is 0.110. The zero-order chi connectivity index (χ0) is 17.9. The number of fused-ring (bicyclic) bond motifs is 2. The van der Waals surface area contributed by atoms with E-state index in [0.717, 1.165) is 21.2 Å². The van der Waals surface area contributed by atoms with Gasteiger partial charge >= 0.3 is 5.69 Å². The van der Waals surface area contributed by atoms with Crippen molar-refractivity contribution in [3.63, 3.8) is 0 Å². The molecule has 25 heavy (non-hydrogen) atoms. The summed E-state index contributed by atoms with van der Waals surface area (Å²) < 4.78 is 3.97. The first-order valence-electron chi connectivity index (χ1n) is 7.55. The fourth-order valence-electron chi connectivity index (χ4n) is 3.02. The molecule has 3 heterocycles. The maximum atomic E-state index is 12.8. The topological polar surface area (TPSA) is 104 Å². The van der Waals surface area contributed by atoms with Gasteiger partial charge in [0.05, 0.1) is 6.54 Å². The first kappa shape index (κ1) is 15.5. The van der Waals surface area contributed by atoms with Gasteiger partial charge in [0.15, 0.2) is 11.2 Å². The van der Waals surface area contributed by atoms with Crippen LogP contribution < -0.4 is 17.0 Å². The third-order valence-electron chi connectivity index (χ3n) is 4.36. The minimum atomic E-state index is -0.452. The van der Waals surface area contributed by atoms with Crippen molar-refractivity contribution in [1.29, 1.82) is 0 Å². The van der Waals surface area contributed by atoms with Gasteiger partial charge in [-0.25, -0.2) is 4.79 Å². The molecule has 8 nitrogen and oxygen atoms in total. The molecule has 0 spiro atoms. The zero-order valence-electron chi connectivity index (χ0n) is 13.6. The van der Waals surface area contributed by atoms with Crippen molar-refractivity contribution in [1.82, 2.24) is 23.7 Å². The number of nitrogens with zero attached hydrogens (tertiary/aromatic N) is 4. The second kappa shape index (κ2) is 5.25. The minimum Gasteiger partial charge on any atom is -0.369 e. The third kappa shape index (κ3) is 2.25. The molecule has 0 saturated heterocycles. The highest BCUT2D eigenvalue weighted by Gasteiger charge is 2.17. The fourth-order valence-corrected chi connectivity index (χ4v) is 3.20. The van der Waals surface area contributed by atoms with Gasteiger partial charge in [0, 0.05) is 35.7 Å². The summed E-state index contributed by atoms with van der Waals surface area (Å²) in [5.74, 6) is 0.181. The number of H-pyrrole nitrogens is 1. The van der Waals surface area contributed by atoms with Crippen molar-refractivity contribution in [3.8, 4) is 0 Å². The van der Waals surface area contributed by atoms with Crippen LogP contribution in [-0.2, 0) is 20.6 Å². The van der Waals surface area contributed by atoms with Crippen molar-refractivity contribution in [2.75, 3.05) is 5.73 Å². The highest BCUT2D eigenvalue weighted by molar-refractivity contribution is 6.31. The monoisotopic (exact) mass is 358 g/mol. The molecular formula is C16H15ClN6O2. The van der Waals surface area contributed by atoms with E-state index in [9.17, 15) is 9.59 Å². The van der Waals surface area contributed by atoms with Crippen LogP contribution >= 0.6 is 11.6 Å². The van der Waals surface area contributed by atoms with E-state index in [0.29, 0.717) is 10.5 Å². The number of nitrogens with two attached hydrogens (primary N) is 1. The number of imidazole rings is 1. The summed E-state index contributed by atoms with van der Waals surface area (Å²) in [4.78, 5) is 32.7. The molecule has 0 atom stereocenters. The number of hydrogen-bond acceptors (Lipinski definition) is 4. The number of hydrogen-bond donors (Lipinski definition) is 2. The van der Waals surface area contributed by atoms with Crippen molar-refractivity contribution in [2.45, 2.75) is 6.54 Å². The molecule has 0 aliphatic carbocycles. The van der Waals surface area contributed by atoms with E-state index in [1.807, 2.05) is 18.2 Å². The summed E-state index contributed by atoms with van der Waals surface area (Å²) in [6.45, 7) is 0.110. The lowest BCUT2D eigenvalue weighted by Gasteiger charge is -2.07. The summed E-state index contributed by atoms with van der Waals surface area (Å²) in [5.41, 5.74) is 7.07. The van der Waals surface area contributed by atoms with Crippen molar-refractivity contribution in [3.05, 3.63) is 55.8 Å². The van der Waals surface area contributed by atoms with Crippen LogP contribution in [0.1, 0.15) is 5.69 Å². The molecule has 0 aliphatic heterocycles. The molecule has 9 heteroatoms. The number of aromatic amines is 1. The molecule has 3 aromatic heterocycles. The highest BCUT2D eigenvalue weighted by Crippen LogP contribution is 2.20. The molecule has 4 rings (SSSR count). The standard InChI is InChI=1S/C16H15ClN6O2/c1-21-12-13(20-15(21)18)22(2)16(25)23(14(12)24)7-10-6-8-5-9(17)3-4-11(8)19-10/h3-6,19H,7H2,1-2H3,(H2,18,20).